The van der Waals surface area contributed by atoms with E-state index in [0.29, 0.717) is 13.1 Å². The van der Waals surface area contributed by atoms with Gasteiger partial charge in [0.25, 0.3) is 5.91 Å². The van der Waals surface area contributed by atoms with Crippen LogP contribution < -0.4 is 0 Å². The minimum Gasteiger partial charge on any atom is -0.372 e. The van der Waals surface area contributed by atoms with E-state index in [9.17, 15) is 4.79 Å². The van der Waals surface area contributed by atoms with Crippen molar-refractivity contribution in [1.82, 2.24) is 9.47 Å². The fourth-order valence-corrected chi connectivity index (χ4v) is 4.19. The third-order valence-electron chi connectivity index (χ3n) is 5.55. The molecule has 1 amide bonds. The first-order valence-electron chi connectivity index (χ1n) is 10.2. The van der Waals surface area contributed by atoms with Crippen LogP contribution in [0, 0.1) is 13.8 Å². The fourth-order valence-electron chi connectivity index (χ4n) is 4.19. The van der Waals surface area contributed by atoms with E-state index in [1.165, 1.54) is 5.56 Å². The maximum atomic E-state index is 13.5. The average molecular weight is 389 g/mol. The van der Waals surface area contributed by atoms with Crippen LogP contribution in [0.15, 0.2) is 60.7 Å². The zero-order valence-corrected chi connectivity index (χ0v) is 17.6. The standard InChI is InChI=1S/C25H28N2O2/c1-17-10-12-22(13-11-17)27-20(4)23(14-24(27)21-8-6-5-7-9-21)25(28)26-15-18(2)29-19(3)16-26/h5-14,18-19H,15-16H2,1-4H3/t18-,19-/m1/s1. The smallest absolute Gasteiger partial charge is 0.255 e. The molecule has 29 heavy (non-hydrogen) atoms. The molecule has 1 aliphatic rings. The van der Waals surface area contributed by atoms with Crippen molar-refractivity contribution in [3.8, 4) is 16.9 Å². The lowest BCUT2D eigenvalue weighted by Gasteiger charge is -2.35. The van der Waals surface area contributed by atoms with Gasteiger partial charge in [-0.25, -0.2) is 0 Å². The number of morpholine rings is 1. The van der Waals surface area contributed by atoms with Gasteiger partial charge in [-0.1, -0.05) is 48.0 Å². The van der Waals surface area contributed by atoms with Crippen LogP contribution in [0.1, 0.15) is 35.5 Å². The fraction of sp³-hybridized carbons (Fsp3) is 0.320. The number of hydrogen-bond acceptors (Lipinski definition) is 2. The number of carbonyl (C=O) groups excluding carboxylic acids is 1. The van der Waals surface area contributed by atoms with Gasteiger partial charge >= 0.3 is 0 Å². The molecular weight excluding hydrogens is 360 g/mol. The summed E-state index contributed by atoms with van der Waals surface area (Å²) in [5.41, 5.74) is 6.13. The molecule has 0 bridgehead atoms. The molecule has 0 aliphatic carbocycles. The van der Waals surface area contributed by atoms with E-state index >= 15 is 0 Å². The van der Waals surface area contributed by atoms with Crippen LogP contribution in [-0.2, 0) is 4.74 Å². The molecule has 0 radical (unpaired) electrons. The maximum absolute atomic E-state index is 13.5. The van der Waals surface area contributed by atoms with Gasteiger partial charge in [-0.2, -0.15) is 0 Å². The molecular formula is C25H28N2O2. The van der Waals surface area contributed by atoms with Crippen molar-refractivity contribution in [2.75, 3.05) is 13.1 Å². The van der Waals surface area contributed by atoms with E-state index in [4.69, 9.17) is 4.74 Å². The molecule has 1 aromatic heterocycles. The Morgan fingerprint density at radius 2 is 1.55 bits per heavy atom. The molecule has 0 N–H and O–H groups in total. The Kier molecular flexibility index (Phi) is 5.29. The highest BCUT2D eigenvalue weighted by molar-refractivity contribution is 5.97. The molecule has 1 fully saturated rings. The van der Waals surface area contributed by atoms with Crippen molar-refractivity contribution in [3.05, 3.63) is 77.5 Å². The molecule has 1 saturated heterocycles. The Morgan fingerprint density at radius 3 is 2.17 bits per heavy atom. The average Bonchev–Trinajstić information content (AvgIpc) is 3.05. The maximum Gasteiger partial charge on any atom is 0.255 e. The summed E-state index contributed by atoms with van der Waals surface area (Å²) < 4.78 is 8.00. The van der Waals surface area contributed by atoms with E-state index < -0.39 is 0 Å². The Morgan fingerprint density at radius 1 is 0.931 bits per heavy atom. The van der Waals surface area contributed by atoms with Crippen LogP contribution in [0.5, 0.6) is 0 Å². The second-order valence-corrected chi connectivity index (χ2v) is 8.03. The van der Waals surface area contributed by atoms with Crippen LogP contribution in [0.25, 0.3) is 16.9 Å². The Balaban J connectivity index is 1.81. The Labute approximate surface area is 172 Å². The predicted octanol–water partition coefficient (Wildman–Crippen LogP) is 5.01. The number of nitrogens with zero attached hydrogens (tertiary/aromatic N) is 2. The summed E-state index contributed by atoms with van der Waals surface area (Å²) in [6.45, 7) is 9.41. The number of amides is 1. The van der Waals surface area contributed by atoms with Gasteiger partial charge in [0, 0.05) is 24.5 Å². The number of benzene rings is 2. The van der Waals surface area contributed by atoms with E-state index in [1.54, 1.807) is 0 Å². The highest BCUT2D eigenvalue weighted by atomic mass is 16.5. The molecule has 2 aromatic carbocycles. The third-order valence-corrected chi connectivity index (χ3v) is 5.55. The van der Waals surface area contributed by atoms with Gasteiger partial charge in [-0.3, -0.25) is 4.79 Å². The molecule has 3 aromatic rings. The van der Waals surface area contributed by atoms with Crippen LogP contribution in [-0.4, -0.2) is 40.7 Å². The van der Waals surface area contributed by atoms with Crippen molar-refractivity contribution < 1.29 is 9.53 Å². The summed E-state index contributed by atoms with van der Waals surface area (Å²) in [4.78, 5) is 15.4. The Bertz CT molecular complexity index is 995. The monoisotopic (exact) mass is 388 g/mol. The zero-order chi connectivity index (χ0) is 20.5. The normalized spacial score (nSPS) is 19.4. The van der Waals surface area contributed by atoms with Crippen LogP contribution in [0.4, 0.5) is 0 Å². The summed E-state index contributed by atoms with van der Waals surface area (Å²) in [5.74, 6) is 0.0764. The molecule has 1 aliphatic heterocycles. The van der Waals surface area contributed by atoms with Gasteiger partial charge in [-0.15, -0.1) is 0 Å². The SMILES string of the molecule is Cc1ccc(-n2c(-c3ccccc3)cc(C(=O)N3C[C@@H](C)O[C@H](C)C3)c2C)cc1. The summed E-state index contributed by atoms with van der Waals surface area (Å²) in [6.07, 6.45) is 0.103. The quantitative estimate of drug-likeness (QED) is 0.632. The first kappa shape index (κ1) is 19.5. The molecule has 4 heteroatoms. The van der Waals surface area contributed by atoms with Crippen molar-refractivity contribution in [2.45, 2.75) is 39.9 Å². The lowest BCUT2D eigenvalue weighted by Crippen LogP contribution is -2.48. The van der Waals surface area contributed by atoms with E-state index in [-0.39, 0.29) is 18.1 Å². The molecule has 0 unspecified atom stereocenters. The second-order valence-electron chi connectivity index (χ2n) is 8.03. The van der Waals surface area contributed by atoms with E-state index in [1.807, 2.05) is 49.9 Å². The number of carbonyl (C=O) groups is 1. The third kappa shape index (κ3) is 3.85. The molecule has 2 heterocycles. The first-order valence-corrected chi connectivity index (χ1v) is 10.2. The van der Waals surface area contributed by atoms with Crippen molar-refractivity contribution in [3.63, 3.8) is 0 Å². The molecule has 4 rings (SSSR count). The van der Waals surface area contributed by atoms with Gasteiger partial charge in [0.1, 0.15) is 0 Å². The summed E-state index contributed by atoms with van der Waals surface area (Å²) in [5, 5.41) is 0. The highest BCUT2D eigenvalue weighted by Crippen LogP contribution is 2.31. The molecule has 2 atom stereocenters. The van der Waals surface area contributed by atoms with Gasteiger partial charge < -0.3 is 14.2 Å². The summed E-state index contributed by atoms with van der Waals surface area (Å²) in [6, 6.07) is 20.7. The lowest BCUT2D eigenvalue weighted by molar-refractivity contribution is -0.0586. The van der Waals surface area contributed by atoms with E-state index in [2.05, 4.69) is 47.9 Å². The Hall–Kier alpha value is -2.85. The highest BCUT2D eigenvalue weighted by Gasteiger charge is 2.29. The zero-order valence-electron chi connectivity index (χ0n) is 17.6. The van der Waals surface area contributed by atoms with E-state index in [0.717, 1.165) is 28.2 Å². The van der Waals surface area contributed by atoms with Gasteiger partial charge in [-0.05, 0) is 51.5 Å². The molecule has 0 spiro atoms. The topological polar surface area (TPSA) is 34.5 Å². The van der Waals surface area contributed by atoms with Gasteiger partial charge in [0.2, 0.25) is 0 Å². The lowest BCUT2D eigenvalue weighted by atomic mass is 10.1. The van der Waals surface area contributed by atoms with Crippen molar-refractivity contribution in [2.24, 2.45) is 0 Å². The summed E-state index contributed by atoms with van der Waals surface area (Å²) >= 11 is 0. The van der Waals surface area contributed by atoms with Crippen LogP contribution >= 0.6 is 0 Å². The number of rotatable bonds is 3. The van der Waals surface area contributed by atoms with Crippen molar-refractivity contribution >= 4 is 5.91 Å². The molecule has 150 valence electrons. The van der Waals surface area contributed by atoms with Crippen LogP contribution in [0.2, 0.25) is 0 Å². The number of aromatic nitrogens is 1. The van der Waals surface area contributed by atoms with Gasteiger partial charge in [0.15, 0.2) is 0 Å². The van der Waals surface area contributed by atoms with Crippen molar-refractivity contribution in [1.29, 1.82) is 0 Å². The van der Waals surface area contributed by atoms with Gasteiger partial charge in [0.05, 0.1) is 23.5 Å². The molecule has 0 saturated carbocycles. The number of aryl methyl sites for hydroxylation is 1. The molecule has 4 nitrogen and oxygen atoms in total. The second kappa shape index (κ2) is 7.88. The predicted molar refractivity (Wildman–Crippen MR) is 117 cm³/mol. The minimum atomic E-state index is 0.0517. The van der Waals surface area contributed by atoms with Crippen LogP contribution in [0.3, 0.4) is 0 Å². The number of ether oxygens (including phenoxy) is 1. The summed E-state index contributed by atoms with van der Waals surface area (Å²) in [7, 11) is 0. The number of hydrogen-bond donors (Lipinski definition) is 0. The first-order chi connectivity index (χ1) is 13.9. The largest absolute Gasteiger partial charge is 0.372 e. The minimum absolute atomic E-state index is 0.0517.